The van der Waals surface area contributed by atoms with Crippen molar-refractivity contribution in [2.45, 2.75) is 20.0 Å². The maximum Gasteiger partial charge on any atom is 0.265 e. The van der Waals surface area contributed by atoms with Crippen molar-refractivity contribution in [1.29, 1.82) is 0 Å². The van der Waals surface area contributed by atoms with E-state index in [0.717, 1.165) is 17.1 Å². The van der Waals surface area contributed by atoms with Crippen LogP contribution >= 0.6 is 0 Å². The first-order valence-electron chi connectivity index (χ1n) is 11.2. The lowest BCUT2D eigenvalue weighted by molar-refractivity contribution is -0.142. The van der Waals surface area contributed by atoms with Gasteiger partial charge in [-0.2, -0.15) is 0 Å². The van der Waals surface area contributed by atoms with Crippen molar-refractivity contribution in [2.24, 2.45) is 0 Å². The van der Waals surface area contributed by atoms with Gasteiger partial charge < -0.3 is 23.8 Å². The third-order valence-electron chi connectivity index (χ3n) is 6.26. The monoisotopic (exact) mass is 445 g/mol. The molecule has 1 fully saturated rings. The number of anilines is 1. The second-order valence-corrected chi connectivity index (χ2v) is 8.43. The molecule has 1 atom stereocenters. The van der Waals surface area contributed by atoms with Gasteiger partial charge in [0.1, 0.15) is 5.75 Å². The number of rotatable bonds is 3. The van der Waals surface area contributed by atoms with Crippen LogP contribution in [0.3, 0.4) is 0 Å². The molecule has 3 aromatic rings. The van der Waals surface area contributed by atoms with E-state index >= 15 is 0 Å². The van der Waals surface area contributed by atoms with Crippen molar-refractivity contribution in [2.75, 3.05) is 37.7 Å². The molecule has 170 valence electrons. The molecule has 2 aliphatic rings. The molecule has 3 heterocycles. The number of amides is 2. The number of carbonyl (C=O) groups excluding carboxylic acids is 2. The second kappa shape index (κ2) is 8.75. The molecule has 0 saturated carbocycles. The number of benzene rings is 2. The number of aromatic nitrogens is 1. The summed E-state index contributed by atoms with van der Waals surface area (Å²) in [5.41, 5.74) is 4.52. The third kappa shape index (κ3) is 4.00. The average Bonchev–Trinajstić information content (AvgIpc) is 3.20. The third-order valence-corrected chi connectivity index (χ3v) is 6.26. The van der Waals surface area contributed by atoms with Crippen LogP contribution in [0.25, 0.3) is 5.69 Å². The number of carbonyl (C=O) groups is 2. The highest BCUT2D eigenvalue weighted by molar-refractivity contribution is 6.08. The van der Waals surface area contributed by atoms with Crippen LogP contribution in [0.15, 0.2) is 60.7 Å². The molecular formula is C26H27N3O4. The van der Waals surface area contributed by atoms with Gasteiger partial charge in [-0.1, -0.05) is 12.1 Å². The Bertz CT molecular complexity index is 1160. The molecule has 2 aliphatic heterocycles. The Morgan fingerprint density at radius 1 is 0.879 bits per heavy atom. The number of aryl methyl sites for hydroxylation is 2. The van der Waals surface area contributed by atoms with E-state index in [1.807, 2.05) is 42.5 Å². The lowest BCUT2D eigenvalue weighted by Crippen LogP contribution is -2.54. The number of hydrogen-bond donors (Lipinski definition) is 0. The molecule has 0 radical (unpaired) electrons. The summed E-state index contributed by atoms with van der Waals surface area (Å²) in [6, 6.07) is 19.1. The average molecular weight is 446 g/mol. The maximum absolute atomic E-state index is 13.6. The highest BCUT2D eigenvalue weighted by atomic mass is 16.5. The van der Waals surface area contributed by atoms with Gasteiger partial charge >= 0.3 is 0 Å². The summed E-state index contributed by atoms with van der Waals surface area (Å²) in [5, 5.41) is 0. The van der Waals surface area contributed by atoms with E-state index in [-0.39, 0.29) is 18.4 Å². The van der Waals surface area contributed by atoms with Crippen molar-refractivity contribution in [3.8, 4) is 11.4 Å². The maximum atomic E-state index is 13.6. The normalized spacial score (nSPS) is 17.9. The van der Waals surface area contributed by atoms with Crippen molar-refractivity contribution in [1.82, 2.24) is 9.47 Å². The van der Waals surface area contributed by atoms with Gasteiger partial charge in [-0.3, -0.25) is 9.59 Å². The molecule has 0 spiro atoms. The fourth-order valence-corrected chi connectivity index (χ4v) is 4.53. The SMILES string of the molecule is Cc1ccc(C)n1-c1ccc(C(=O)N2C[C@H](C(=O)N3CCOCC3)Oc3ccccc32)cc1. The summed E-state index contributed by atoms with van der Waals surface area (Å²) in [5.74, 6) is 0.274. The van der Waals surface area contributed by atoms with E-state index in [1.54, 1.807) is 15.9 Å². The molecule has 0 aliphatic carbocycles. The van der Waals surface area contributed by atoms with Gasteiger partial charge in [0.05, 0.1) is 25.4 Å². The Balaban J connectivity index is 1.42. The Labute approximate surface area is 193 Å². The molecule has 7 nitrogen and oxygen atoms in total. The summed E-state index contributed by atoms with van der Waals surface area (Å²) in [6.45, 7) is 6.39. The van der Waals surface area contributed by atoms with Crippen LogP contribution in [0.1, 0.15) is 21.7 Å². The smallest absolute Gasteiger partial charge is 0.265 e. The second-order valence-electron chi connectivity index (χ2n) is 8.43. The summed E-state index contributed by atoms with van der Waals surface area (Å²) >= 11 is 0. The summed E-state index contributed by atoms with van der Waals surface area (Å²) in [4.78, 5) is 30.1. The van der Waals surface area contributed by atoms with Crippen LogP contribution in [-0.2, 0) is 9.53 Å². The number of nitrogens with zero attached hydrogens (tertiary/aromatic N) is 3. The Morgan fingerprint density at radius 2 is 1.55 bits per heavy atom. The first kappa shape index (κ1) is 21.3. The van der Waals surface area contributed by atoms with E-state index < -0.39 is 6.10 Å². The molecular weight excluding hydrogens is 418 g/mol. The van der Waals surface area contributed by atoms with Crippen LogP contribution in [0.2, 0.25) is 0 Å². The predicted octanol–water partition coefficient (Wildman–Crippen LogP) is 3.36. The summed E-state index contributed by atoms with van der Waals surface area (Å²) in [7, 11) is 0. The largest absolute Gasteiger partial charge is 0.476 e. The number of hydrogen-bond acceptors (Lipinski definition) is 4. The molecule has 1 aromatic heterocycles. The molecule has 2 aromatic carbocycles. The van der Waals surface area contributed by atoms with Crippen LogP contribution < -0.4 is 9.64 Å². The number of morpholine rings is 1. The van der Waals surface area contributed by atoms with Gasteiger partial charge in [0.15, 0.2) is 6.10 Å². The van der Waals surface area contributed by atoms with Gasteiger partial charge in [-0.25, -0.2) is 0 Å². The van der Waals surface area contributed by atoms with Crippen LogP contribution in [0.4, 0.5) is 5.69 Å². The molecule has 33 heavy (non-hydrogen) atoms. The predicted molar refractivity (Wildman–Crippen MR) is 125 cm³/mol. The zero-order chi connectivity index (χ0) is 22.9. The first-order valence-corrected chi connectivity index (χ1v) is 11.2. The Kier molecular flexibility index (Phi) is 5.64. The highest BCUT2D eigenvalue weighted by Crippen LogP contribution is 2.34. The molecule has 7 heteroatoms. The Morgan fingerprint density at radius 3 is 2.24 bits per heavy atom. The van der Waals surface area contributed by atoms with E-state index in [4.69, 9.17) is 9.47 Å². The number of fused-ring (bicyclic) bond motifs is 1. The van der Waals surface area contributed by atoms with Gasteiger partial charge in [0, 0.05) is 35.7 Å². The van der Waals surface area contributed by atoms with Crippen molar-refractivity contribution in [3.63, 3.8) is 0 Å². The van der Waals surface area contributed by atoms with E-state index in [0.29, 0.717) is 43.3 Å². The molecule has 5 rings (SSSR count). The van der Waals surface area contributed by atoms with Gasteiger partial charge in [-0.15, -0.1) is 0 Å². The topological polar surface area (TPSA) is 64.0 Å². The highest BCUT2D eigenvalue weighted by Gasteiger charge is 2.36. The minimum absolute atomic E-state index is 0.112. The summed E-state index contributed by atoms with van der Waals surface area (Å²) in [6.07, 6.45) is -0.744. The quantitative estimate of drug-likeness (QED) is 0.620. The van der Waals surface area contributed by atoms with Crippen LogP contribution in [0, 0.1) is 13.8 Å². The zero-order valence-electron chi connectivity index (χ0n) is 18.9. The lowest BCUT2D eigenvalue weighted by Gasteiger charge is -2.37. The number of para-hydroxylation sites is 2. The van der Waals surface area contributed by atoms with Gasteiger partial charge in [-0.05, 0) is 62.4 Å². The van der Waals surface area contributed by atoms with Crippen molar-refractivity contribution >= 4 is 17.5 Å². The minimum Gasteiger partial charge on any atom is -0.476 e. The van der Waals surface area contributed by atoms with Crippen LogP contribution in [-0.4, -0.2) is 60.2 Å². The first-order chi connectivity index (χ1) is 16.0. The molecule has 0 bridgehead atoms. The van der Waals surface area contributed by atoms with Crippen LogP contribution in [0.5, 0.6) is 5.75 Å². The zero-order valence-corrected chi connectivity index (χ0v) is 18.9. The number of ether oxygens (including phenoxy) is 2. The fraction of sp³-hybridized carbons (Fsp3) is 0.308. The van der Waals surface area contributed by atoms with E-state index in [1.165, 1.54) is 0 Å². The van der Waals surface area contributed by atoms with Gasteiger partial charge in [0.25, 0.3) is 11.8 Å². The standard InChI is InChI=1S/C26H27N3O4/c1-18-7-8-19(2)29(18)21-11-9-20(10-12-21)25(30)28-17-24(26(31)27-13-15-32-16-14-27)33-23-6-4-3-5-22(23)28/h3-12,24H,13-17H2,1-2H3/t24-/m1/s1. The Hall–Kier alpha value is -3.58. The molecule has 0 unspecified atom stereocenters. The molecule has 1 saturated heterocycles. The van der Waals surface area contributed by atoms with Gasteiger partial charge in [0.2, 0.25) is 0 Å². The summed E-state index contributed by atoms with van der Waals surface area (Å²) < 4.78 is 13.5. The van der Waals surface area contributed by atoms with Crippen molar-refractivity contribution < 1.29 is 19.1 Å². The van der Waals surface area contributed by atoms with E-state index in [2.05, 4.69) is 30.5 Å². The van der Waals surface area contributed by atoms with E-state index in [9.17, 15) is 9.59 Å². The molecule has 0 N–H and O–H groups in total. The minimum atomic E-state index is -0.744. The lowest BCUT2D eigenvalue weighted by atomic mass is 10.1. The van der Waals surface area contributed by atoms with Crippen molar-refractivity contribution in [3.05, 3.63) is 77.6 Å². The fourth-order valence-electron chi connectivity index (χ4n) is 4.53. The molecule has 2 amide bonds.